The van der Waals surface area contributed by atoms with Gasteiger partial charge in [0.1, 0.15) is 6.04 Å². The fourth-order valence-corrected chi connectivity index (χ4v) is 2.55. The highest BCUT2D eigenvalue weighted by Crippen LogP contribution is 2.02. The number of carboxylic acids is 2. The van der Waals surface area contributed by atoms with Gasteiger partial charge in [0.25, 0.3) is 0 Å². The molecule has 0 aromatic heterocycles. The SMILES string of the molecule is CCCCS(=O)(=O)NC(CCC(=O)O)C(=O)O. The van der Waals surface area contributed by atoms with Gasteiger partial charge in [-0.2, -0.15) is 0 Å². The minimum atomic E-state index is -3.66. The van der Waals surface area contributed by atoms with Crippen molar-refractivity contribution in [2.24, 2.45) is 0 Å². The fourth-order valence-electron chi connectivity index (χ4n) is 1.11. The highest BCUT2D eigenvalue weighted by Gasteiger charge is 2.24. The second-order valence-corrected chi connectivity index (χ2v) is 5.49. The quantitative estimate of drug-likeness (QED) is 0.541. The summed E-state index contributed by atoms with van der Waals surface area (Å²) < 4.78 is 24.8. The molecule has 0 rings (SSSR count). The van der Waals surface area contributed by atoms with E-state index in [1.165, 1.54) is 0 Å². The summed E-state index contributed by atoms with van der Waals surface area (Å²) in [6, 6.07) is -1.38. The lowest BCUT2D eigenvalue weighted by molar-refractivity contribution is -0.140. The summed E-state index contributed by atoms with van der Waals surface area (Å²) in [5, 5.41) is 17.2. The van der Waals surface area contributed by atoms with Crippen LogP contribution >= 0.6 is 0 Å². The van der Waals surface area contributed by atoms with Crippen LogP contribution < -0.4 is 4.72 Å². The van der Waals surface area contributed by atoms with Crippen LogP contribution in [-0.4, -0.2) is 42.4 Å². The van der Waals surface area contributed by atoms with Gasteiger partial charge >= 0.3 is 11.9 Å². The van der Waals surface area contributed by atoms with Gasteiger partial charge in [-0.1, -0.05) is 13.3 Å². The average molecular weight is 267 g/mol. The van der Waals surface area contributed by atoms with E-state index in [1.54, 1.807) is 0 Å². The molecule has 3 N–H and O–H groups in total. The molecular formula is C9H17NO6S. The van der Waals surface area contributed by atoms with Crippen molar-refractivity contribution in [3.8, 4) is 0 Å². The largest absolute Gasteiger partial charge is 0.481 e. The minimum absolute atomic E-state index is 0.152. The first-order valence-electron chi connectivity index (χ1n) is 5.23. The number of hydrogen-bond donors (Lipinski definition) is 3. The molecule has 7 nitrogen and oxygen atoms in total. The Morgan fingerprint density at radius 3 is 2.29 bits per heavy atom. The molecule has 0 aliphatic rings. The van der Waals surface area contributed by atoms with Crippen LogP contribution in [0.15, 0.2) is 0 Å². The molecule has 0 aliphatic carbocycles. The second-order valence-electron chi connectivity index (χ2n) is 3.61. The summed E-state index contributed by atoms with van der Waals surface area (Å²) in [5.41, 5.74) is 0. The van der Waals surface area contributed by atoms with Crippen molar-refractivity contribution in [3.63, 3.8) is 0 Å². The van der Waals surface area contributed by atoms with Gasteiger partial charge < -0.3 is 10.2 Å². The van der Waals surface area contributed by atoms with E-state index in [4.69, 9.17) is 10.2 Å². The van der Waals surface area contributed by atoms with E-state index in [9.17, 15) is 18.0 Å². The van der Waals surface area contributed by atoms with E-state index in [0.29, 0.717) is 12.8 Å². The first-order chi connectivity index (χ1) is 7.78. The zero-order chi connectivity index (χ0) is 13.5. The minimum Gasteiger partial charge on any atom is -0.481 e. The van der Waals surface area contributed by atoms with Gasteiger partial charge in [-0.3, -0.25) is 9.59 Å². The third-order valence-corrected chi connectivity index (χ3v) is 3.50. The van der Waals surface area contributed by atoms with E-state index in [1.807, 2.05) is 11.6 Å². The Morgan fingerprint density at radius 2 is 1.88 bits per heavy atom. The number of hydrogen-bond acceptors (Lipinski definition) is 4. The number of aliphatic carboxylic acids is 2. The van der Waals surface area contributed by atoms with Crippen molar-refractivity contribution in [1.29, 1.82) is 0 Å². The summed E-state index contributed by atoms with van der Waals surface area (Å²) in [4.78, 5) is 21.0. The molecule has 0 bridgehead atoms. The summed E-state index contributed by atoms with van der Waals surface area (Å²) >= 11 is 0. The summed E-state index contributed by atoms with van der Waals surface area (Å²) in [5.74, 6) is -2.68. The van der Waals surface area contributed by atoms with Crippen molar-refractivity contribution in [2.45, 2.75) is 38.6 Å². The Bertz CT molecular complexity index is 364. The van der Waals surface area contributed by atoms with Gasteiger partial charge in [-0.15, -0.1) is 0 Å². The molecule has 1 unspecified atom stereocenters. The molecular weight excluding hydrogens is 250 g/mol. The maximum Gasteiger partial charge on any atom is 0.321 e. The summed E-state index contributed by atoms with van der Waals surface area (Å²) in [6.45, 7) is 1.81. The van der Waals surface area contributed by atoms with Crippen LogP contribution in [0.25, 0.3) is 0 Å². The van der Waals surface area contributed by atoms with Crippen molar-refractivity contribution < 1.29 is 28.2 Å². The number of carboxylic acid groups (broad SMARTS) is 2. The third kappa shape index (κ3) is 7.70. The molecule has 0 saturated carbocycles. The predicted molar refractivity (Wildman–Crippen MR) is 60.1 cm³/mol. The molecule has 0 aromatic carbocycles. The topological polar surface area (TPSA) is 121 Å². The van der Waals surface area contributed by atoms with Gasteiger partial charge in [-0.25, -0.2) is 13.1 Å². The molecule has 8 heteroatoms. The number of unbranched alkanes of at least 4 members (excludes halogenated alkanes) is 1. The third-order valence-electron chi connectivity index (χ3n) is 2.03. The average Bonchev–Trinajstić information content (AvgIpc) is 2.20. The van der Waals surface area contributed by atoms with Crippen LogP contribution in [0.2, 0.25) is 0 Å². The molecule has 0 aromatic rings. The van der Waals surface area contributed by atoms with Crippen LogP contribution in [0.3, 0.4) is 0 Å². The molecule has 0 heterocycles. The molecule has 0 spiro atoms. The maximum absolute atomic E-state index is 11.4. The van der Waals surface area contributed by atoms with Gasteiger partial charge in [0.05, 0.1) is 5.75 Å². The Labute approximate surface area is 99.9 Å². The smallest absolute Gasteiger partial charge is 0.321 e. The molecule has 17 heavy (non-hydrogen) atoms. The lowest BCUT2D eigenvalue weighted by Gasteiger charge is -2.13. The Morgan fingerprint density at radius 1 is 1.29 bits per heavy atom. The summed E-state index contributed by atoms with van der Waals surface area (Å²) in [7, 11) is -3.66. The normalized spacial score (nSPS) is 13.2. The fraction of sp³-hybridized carbons (Fsp3) is 0.778. The molecule has 0 radical (unpaired) electrons. The van der Waals surface area contributed by atoms with E-state index in [-0.39, 0.29) is 12.2 Å². The van der Waals surface area contributed by atoms with Crippen LogP contribution in [-0.2, 0) is 19.6 Å². The Hall–Kier alpha value is -1.15. The molecule has 0 saturated heterocycles. The van der Waals surface area contributed by atoms with Crippen LogP contribution in [0, 0.1) is 0 Å². The van der Waals surface area contributed by atoms with Crippen LogP contribution in [0.1, 0.15) is 32.6 Å². The highest BCUT2D eigenvalue weighted by atomic mass is 32.2. The first-order valence-corrected chi connectivity index (χ1v) is 6.88. The van der Waals surface area contributed by atoms with E-state index in [2.05, 4.69) is 0 Å². The first kappa shape index (κ1) is 15.9. The zero-order valence-electron chi connectivity index (χ0n) is 9.55. The van der Waals surface area contributed by atoms with Crippen molar-refractivity contribution in [2.75, 3.05) is 5.75 Å². The lowest BCUT2D eigenvalue weighted by atomic mass is 10.2. The van der Waals surface area contributed by atoms with Crippen LogP contribution in [0.4, 0.5) is 0 Å². The van der Waals surface area contributed by atoms with E-state index in [0.717, 1.165) is 0 Å². The van der Waals surface area contributed by atoms with Gasteiger partial charge in [-0.05, 0) is 12.8 Å². The van der Waals surface area contributed by atoms with Crippen molar-refractivity contribution in [1.82, 2.24) is 4.72 Å². The Balaban J connectivity index is 4.43. The predicted octanol–water partition coefficient (Wildman–Crippen LogP) is 0.0239. The van der Waals surface area contributed by atoms with Gasteiger partial charge in [0, 0.05) is 6.42 Å². The van der Waals surface area contributed by atoms with Crippen LogP contribution in [0.5, 0.6) is 0 Å². The monoisotopic (exact) mass is 267 g/mol. The number of sulfonamides is 1. The molecule has 0 amide bonds. The van der Waals surface area contributed by atoms with Gasteiger partial charge in [0.2, 0.25) is 10.0 Å². The zero-order valence-corrected chi connectivity index (χ0v) is 10.4. The lowest BCUT2D eigenvalue weighted by Crippen LogP contribution is -2.42. The standard InChI is InChI=1S/C9H17NO6S/c1-2-3-6-17(15,16)10-7(9(13)14)4-5-8(11)12/h7,10H,2-6H2,1H3,(H,11,12)(H,13,14). The molecule has 100 valence electrons. The van der Waals surface area contributed by atoms with Crippen molar-refractivity contribution in [3.05, 3.63) is 0 Å². The molecule has 1 atom stereocenters. The number of carbonyl (C=O) groups is 2. The van der Waals surface area contributed by atoms with Crippen molar-refractivity contribution >= 4 is 22.0 Å². The highest BCUT2D eigenvalue weighted by molar-refractivity contribution is 7.89. The van der Waals surface area contributed by atoms with E-state index >= 15 is 0 Å². The summed E-state index contributed by atoms with van der Waals surface area (Å²) in [6.07, 6.45) is 0.442. The van der Waals surface area contributed by atoms with E-state index < -0.39 is 34.4 Å². The number of rotatable bonds is 9. The van der Waals surface area contributed by atoms with Gasteiger partial charge in [0.15, 0.2) is 0 Å². The molecule has 0 aliphatic heterocycles. The second kappa shape index (κ2) is 7.23. The maximum atomic E-state index is 11.4. The number of nitrogens with one attached hydrogen (secondary N) is 1. The molecule has 0 fully saturated rings. The Kier molecular flexibility index (Phi) is 6.74.